The number of hydrogen-bond donors (Lipinski definition) is 2. The molecule has 2 N–H and O–H groups in total. The second-order valence-electron chi connectivity index (χ2n) is 7.49. The fourth-order valence-electron chi connectivity index (χ4n) is 4.21. The van der Waals surface area contributed by atoms with Gasteiger partial charge in [-0.3, -0.25) is 9.69 Å². The summed E-state index contributed by atoms with van der Waals surface area (Å²) in [6.45, 7) is 7.24. The largest absolute Gasteiger partial charge is 0.480 e. The Morgan fingerprint density at radius 2 is 1.86 bits per heavy atom. The standard InChI is InChI=1S/C22H24ClN3O2/c1-14-3-6-20(15(2)11-14)25-7-9-26(10-8-25)21(22(27)28)18-13-24-19-12-16(23)4-5-17(18)19/h3-6,11-13,21,24H,7-10H2,1-2H3,(H,27,28). The number of carbonyl (C=O) groups is 1. The molecule has 1 aromatic heterocycles. The highest BCUT2D eigenvalue weighted by molar-refractivity contribution is 6.31. The molecule has 1 saturated heterocycles. The molecule has 0 saturated carbocycles. The molecule has 1 aliphatic rings. The molecule has 2 aromatic carbocycles. The molecule has 146 valence electrons. The molecular weight excluding hydrogens is 374 g/mol. The predicted octanol–water partition coefficient (Wildman–Crippen LogP) is 4.39. The average molecular weight is 398 g/mol. The molecule has 2 heterocycles. The number of H-pyrrole nitrogens is 1. The quantitative estimate of drug-likeness (QED) is 0.685. The van der Waals surface area contributed by atoms with E-state index in [1.807, 2.05) is 12.1 Å². The van der Waals surface area contributed by atoms with Gasteiger partial charge in [0.2, 0.25) is 0 Å². The number of carboxylic acid groups (broad SMARTS) is 1. The van der Waals surface area contributed by atoms with Gasteiger partial charge in [0, 0.05) is 59.6 Å². The van der Waals surface area contributed by atoms with Crippen LogP contribution in [0.1, 0.15) is 22.7 Å². The summed E-state index contributed by atoms with van der Waals surface area (Å²) in [5.41, 5.74) is 5.41. The number of anilines is 1. The Kier molecular flexibility index (Phi) is 5.04. The number of piperazine rings is 1. The first-order valence-electron chi connectivity index (χ1n) is 9.49. The van der Waals surface area contributed by atoms with E-state index in [1.165, 1.54) is 16.8 Å². The second-order valence-corrected chi connectivity index (χ2v) is 7.92. The van der Waals surface area contributed by atoms with Gasteiger partial charge in [-0.1, -0.05) is 35.4 Å². The summed E-state index contributed by atoms with van der Waals surface area (Å²) in [6.07, 6.45) is 1.80. The van der Waals surface area contributed by atoms with E-state index in [1.54, 1.807) is 12.3 Å². The zero-order valence-electron chi connectivity index (χ0n) is 16.1. The van der Waals surface area contributed by atoms with Crippen LogP contribution in [0.5, 0.6) is 0 Å². The minimum atomic E-state index is -0.823. The van der Waals surface area contributed by atoms with Gasteiger partial charge in [0.15, 0.2) is 0 Å². The second kappa shape index (κ2) is 7.49. The number of halogens is 1. The number of aryl methyl sites for hydroxylation is 2. The van der Waals surface area contributed by atoms with Gasteiger partial charge in [-0.25, -0.2) is 0 Å². The molecule has 0 amide bonds. The van der Waals surface area contributed by atoms with E-state index in [0.29, 0.717) is 18.1 Å². The van der Waals surface area contributed by atoms with Gasteiger partial charge in [0.25, 0.3) is 0 Å². The number of carboxylic acids is 1. The third kappa shape index (κ3) is 3.48. The Labute approximate surface area is 169 Å². The van der Waals surface area contributed by atoms with E-state index in [0.717, 1.165) is 29.6 Å². The van der Waals surface area contributed by atoms with E-state index in [2.05, 4.69) is 46.8 Å². The number of fused-ring (bicyclic) bond motifs is 1. The Bertz CT molecular complexity index is 1020. The van der Waals surface area contributed by atoms with Crippen LogP contribution in [0.15, 0.2) is 42.6 Å². The number of nitrogens with zero attached hydrogens (tertiary/aromatic N) is 2. The zero-order valence-corrected chi connectivity index (χ0v) is 16.8. The van der Waals surface area contributed by atoms with Crippen LogP contribution < -0.4 is 4.90 Å². The molecule has 0 bridgehead atoms. The first-order chi connectivity index (χ1) is 13.4. The van der Waals surface area contributed by atoms with E-state index in [4.69, 9.17) is 11.6 Å². The molecular formula is C22H24ClN3O2. The van der Waals surface area contributed by atoms with Crippen molar-refractivity contribution in [2.24, 2.45) is 0 Å². The Balaban J connectivity index is 1.56. The fraction of sp³-hybridized carbons (Fsp3) is 0.318. The lowest BCUT2D eigenvalue weighted by atomic mass is 10.0. The van der Waals surface area contributed by atoms with Gasteiger partial charge in [-0.2, -0.15) is 0 Å². The smallest absolute Gasteiger partial charge is 0.325 e. The number of aromatic nitrogens is 1. The average Bonchev–Trinajstić information content (AvgIpc) is 3.05. The summed E-state index contributed by atoms with van der Waals surface area (Å²) in [5.74, 6) is -0.823. The van der Waals surface area contributed by atoms with Crippen LogP contribution in [0, 0.1) is 13.8 Å². The van der Waals surface area contributed by atoms with Crippen molar-refractivity contribution in [3.8, 4) is 0 Å². The summed E-state index contributed by atoms with van der Waals surface area (Å²) in [5, 5.41) is 11.5. The molecule has 1 atom stereocenters. The van der Waals surface area contributed by atoms with E-state index in [-0.39, 0.29) is 0 Å². The van der Waals surface area contributed by atoms with Crippen molar-refractivity contribution in [2.45, 2.75) is 19.9 Å². The summed E-state index contributed by atoms with van der Waals surface area (Å²) >= 11 is 6.06. The molecule has 0 radical (unpaired) electrons. The van der Waals surface area contributed by atoms with Crippen molar-refractivity contribution in [1.29, 1.82) is 0 Å². The van der Waals surface area contributed by atoms with Crippen LogP contribution >= 0.6 is 11.6 Å². The predicted molar refractivity (Wildman–Crippen MR) is 113 cm³/mol. The monoisotopic (exact) mass is 397 g/mol. The van der Waals surface area contributed by atoms with Crippen molar-refractivity contribution in [3.05, 3.63) is 64.3 Å². The van der Waals surface area contributed by atoms with E-state index < -0.39 is 12.0 Å². The number of aliphatic carboxylic acids is 1. The van der Waals surface area contributed by atoms with Gasteiger partial charge in [-0.05, 0) is 37.6 Å². The summed E-state index contributed by atoms with van der Waals surface area (Å²) in [7, 11) is 0. The lowest BCUT2D eigenvalue weighted by Crippen LogP contribution is -2.49. The summed E-state index contributed by atoms with van der Waals surface area (Å²) < 4.78 is 0. The maximum absolute atomic E-state index is 12.2. The molecule has 1 aliphatic heterocycles. The van der Waals surface area contributed by atoms with Crippen molar-refractivity contribution in [2.75, 3.05) is 31.1 Å². The molecule has 3 aromatic rings. The minimum absolute atomic E-state index is 0.634. The van der Waals surface area contributed by atoms with Crippen LogP contribution in [-0.4, -0.2) is 47.1 Å². The lowest BCUT2D eigenvalue weighted by molar-refractivity contribution is -0.143. The van der Waals surface area contributed by atoms with Crippen molar-refractivity contribution in [1.82, 2.24) is 9.88 Å². The number of aromatic amines is 1. The molecule has 6 heteroatoms. The summed E-state index contributed by atoms with van der Waals surface area (Å²) in [4.78, 5) is 19.7. The SMILES string of the molecule is Cc1ccc(N2CCN(C(C(=O)O)c3c[nH]c4cc(Cl)ccc34)CC2)c(C)c1. The Hall–Kier alpha value is -2.50. The molecule has 0 spiro atoms. The van der Waals surface area contributed by atoms with E-state index in [9.17, 15) is 9.90 Å². The molecule has 5 nitrogen and oxygen atoms in total. The van der Waals surface area contributed by atoms with Gasteiger partial charge < -0.3 is 15.0 Å². The first-order valence-corrected chi connectivity index (χ1v) is 9.87. The Morgan fingerprint density at radius 3 is 2.54 bits per heavy atom. The molecule has 4 rings (SSSR count). The van der Waals surface area contributed by atoms with Crippen LogP contribution in [0.25, 0.3) is 10.9 Å². The van der Waals surface area contributed by atoms with Gasteiger partial charge in [-0.15, -0.1) is 0 Å². The van der Waals surface area contributed by atoms with Crippen LogP contribution in [0.4, 0.5) is 5.69 Å². The molecule has 28 heavy (non-hydrogen) atoms. The maximum atomic E-state index is 12.2. The minimum Gasteiger partial charge on any atom is -0.480 e. The first kappa shape index (κ1) is 18.8. The third-order valence-electron chi connectivity index (χ3n) is 5.58. The van der Waals surface area contributed by atoms with Crippen molar-refractivity contribution in [3.63, 3.8) is 0 Å². The van der Waals surface area contributed by atoms with Crippen molar-refractivity contribution >= 4 is 34.2 Å². The molecule has 0 aliphatic carbocycles. The van der Waals surface area contributed by atoms with Gasteiger partial charge in [0.05, 0.1) is 0 Å². The van der Waals surface area contributed by atoms with E-state index >= 15 is 0 Å². The number of hydrogen-bond acceptors (Lipinski definition) is 3. The van der Waals surface area contributed by atoms with Crippen LogP contribution in [0.3, 0.4) is 0 Å². The zero-order chi connectivity index (χ0) is 19.8. The normalized spacial score (nSPS) is 16.5. The number of benzene rings is 2. The van der Waals surface area contributed by atoms with Crippen LogP contribution in [-0.2, 0) is 4.79 Å². The molecule has 1 fully saturated rings. The Morgan fingerprint density at radius 1 is 1.11 bits per heavy atom. The topological polar surface area (TPSA) is 59.6 Å². The lowest BCUT2D eigenvalue weighted by Gasteiger charge is -2.39. The highest BCUT2D eigenvalue weighted by Gasteiger charge is 2.32. The highest BCUT2D eigenvalue weighted by atomic mass is 35.5. The fourth-order valence-corrected chi connectivity index (χ4v) is 4.39. The highest BCUT2D eigenvalue weighted by Crippen LogP contribution is 2.32. The third-order valence-corrected chi connectivity index (χ3v) is 5.81. The maximum Gasteiger partial charge on any atom is 0.325 e. The van der Waals surface area contributed by atoms with Crippen molar-refractivity contribution < 1.29 is 9.90 Å². The van der Waals surface area contributed by atoms with Gasteiger partial charge in [0.1, 0.15) is 6.04 Å². The summed E-state index contributed by atoms with van der Waals surface area (Å²) in [6, 6.07) is 11.3. The number of rotatable bonds is 4. The van der Waals surface area contributed by atoms with Crippen LogP contribution in [0.2, 0.25) is 5.02 Å². The number of nitrogens with one attached hydrogen (secondary N) is 1. The van der Waals surface area contributed by atoms with Gasteiger partial charge >= 0.3 is 5.97 Å². The molecule has 1 unspecified atom stereocenters.